The van der Waals surface area contributed by atoms with Crippen molar-refractivity contribution in [2.75, 3.05) is 0 Å². The van der Waals surface area contributed by atoms with Gasteiger partial charge in [-0.15, -0.1) is 0 Å². The van der Waals surface area contributed by atoms with E-state index in [0.717, 1.165) is 11.1 Å². The second kappa shape index (κ2) is 10.5. The zero-order chi connectivity index (χ0) is 26.8. The minimum Gasteiger partial charge on any atom is -0.431 e. The Bertz CT molecular complexity index is 1340. The van der Waals surface area contributed by atoms with E-state index in [4.69, 9.17) is 18.5 Å². The predicted octanol–water partition coefficient (Wildman–Crippen LogP) is 4.33. The van der Waals surface area contributed by atoms with Crippen LogP contribution in [0.4, 0.5) is 4.79 Å². The van der Waals surface area contributed by atoms with E-state index in [2.05, 4.69) is 0 Å². The minimum absolute atomic E-state index is 0.131. The smallest absolute Gasteiger partial charge is 0.431 e. The fourth-order valence-corrected chi connectivity index (χ4v) is 7.09. The molecule has 3 aromatic rings. The zero-order valence-electron chi connectivity index (χ0n) is 19.9. The maximum absolute atomic E-state index is 13.2. The van der Waals surface area contributed by atoms with Gasteiger partial charge >= 0.3 is 26.4 Å². The number of para-hydroxylation sites is 1. The molecule has 4 rings (SSSR count). The van der Waals surface area contributed by atoms with Crippen molar-refractivity contribution in [2.24, 2.45) is 0 Å². The van der Waals surface area contributed by atoms with Crippen LogP contribution in [0.1, 0.15) is 25.7 Å². The lowest BCUT2D eigenvalue weighted by Crippen LogP contribution is -2.49. The summed E-state index contributed by atoms with van der Waals surface area (Å²) in [5, 5.41) is 7.86. The number of carbonyl (C=O) groups excluding carboxylic acids is 1. The first-order valence-corrected chi connectivity index (χ1v) is 14.3. The van der Waals surface area contributed by atoms with E-state index >= 15 is 0 Å². The topological polar surface area (TPSA) is 153 Å². The summed E-state index contributed by atoms with van der Waals surface area (Å²) in [5.74, 6) is -0.186. The van der Waals surface area contributed by atoms with E-state index in [1.807, 2.05) is 30.3 Å². The van der Waals surface area contributed by atoms with Gasteiger partial charge in [0, 0.05) is 12.1 Å². The highest BCUT2D eigenvalue weighted by molar-refractivity contribution is 7.73. The van der Waals surface area contributed by atoms with Crippen LogP contribution < -0.4 is 9.30 Å². The molecular weight excluding hydrogens is 524 g/mol. The van der Waals surface area contributed by atoms with Crippen LogP contribution in [0, 0.1) is 0 Å². The van der Waals surface area contributed by atoms with E-state index in [1.165, 1.54) is 41.2 Å². The van der Waals surface area contributed by atoms with Crippen LogP contribution in [0.3, 0.4) is 0 Å². The summed E-state index contributed by atoms with van der Waals surface area (Å²) >= 11 is 0. The Morgan fingerprint density at radius 3 is 2.08 bits per heavy atom. The number of hydrogen-bond donors (Lipinski definition) is 3. The average molecular weight is 550 g/mol. The Hall–Kier alpha value is -2.88. The number of benzene rings is 2. The van der Waals surface area contributed by atoms with Gasteiger partial charge in [0.1, 0.15) is 5.75 Å². The monoisotopic (exact) mass is 550 g/mol. The molecule has 2 aromatic carbocycles. The van der Waals surface area contributed by atoms with Crippen molar-refractivity contribution in [2.45, 2.75) is 37.9 Å². The van der Waals surface area contributed by atoms with Crippen molar-refractivity contribution in [1.82, 2.24) is 0 Å². The van der Waals surface area contributed by atoms with Crippen LogP contribution in [0.5, 0.6) is 5.75 Å². The maximum atomic E-state index is 13.2. The van der Waals surface area contributed by atoms with Crippen molar-refractivity contribution in [3.63, 3.8) is 0 Å². The van der Waals surface area contributed by atoms with E-state index in [0.29, 0.717) is 0 Å². The molecule has 0 amide bonds. The minimum atomic E-state index is -5.24. The van der Waals surface area contributed by atoms with Crippen molar-refractivity contribution in [1.29, 1.82) is 0 Å². The summed E-state index contributed by atoms with van der Waals surface area (Å²) in [4.78, 5) is 33.3. The van der Waals surface area contributed by atoms with Gasteiger partial charge in [0.2, 0.25) is 12.8 Å². The van der Waals surface area contributed by atoms with Crippen LogP contribution in [0.25, 0.3) is 11.1 Å². The SMILES string of the molecule is CC(C)OC(=O)Oc1ccccc1C1OP(=O)(O)C(O)(C[n+]2ccc(-c3ccccc3)cc2)P(=O)(O)O1. The first kappa shape index (κ1) is 27.2. The molecular formula is C24H26NO10P2+. The summed E-state index contributed by atoms with van der Waals surface area (Å²) in [6, 6.07) is 18.3. The number of ether oxygens (including phenoxy) is 2. The number of pyridine rings is 1. The van der Waals surface area contributed by atoms with Crippen LogP contribution >= 0.6 is 15.2 Å². The van der Waals surface area contributed by atoms with Crippen molar-refractivity contribution >= 4 is 21.3 Å². The van der Waals surface area contributed by atoms with Gasteiger partial charge in [-0.25, -0.2) is 9.36 Å². The molecule has 0 saturated carbocycles. The summed E-state index contributed by atoms with van der Waals surface area (Å²) in [5.41, 5.74) is 1.61. The standard InChI is InChI=1S/C24H25NO10P2/c1-17(2)32-23(26)33-21-11-7-6-10-20(21)22-34-36(28,29)24(27,37(30,31)35-22)16-25-14-12-19(13-15-25)18-8-4-3-5-9-18/h3-15,17,22,27H,16H2,1-2H3,(H-,28,29,30,31)/p+1. The van der Waals surface area contributed by atoms with E-state index in [1.54, 1.807) is 26.0 Å². The lowest BCUT2D eigenvalue weighted by Gasteiger charge is -2.39. The van der Waals surface area contributed by atoms with Gasteiger partial charge in [-0.3, -0.25) is 18.2 Å². The van der Waals surface area contributed by atoms with E-state index in [9.17, 15) is 28.8 Å². The van der Waals surface area contributed by atoms with Crippen LogP contribution in [0.2, 0.25) is 0 Å². The highest BCUT2D eigenvalue weighted by Crippen LogP contribution is 2.78. The van der Waals surface area contributed by atoms with Gasteiger partial charge in [0.25, 0.3) is 0 Å². The van der Waals surface area contributed by atoms with Gasteiger partial charge in [-0.2, -0.15) is 0 Å². The van der Waals surface area contributed by atoms with Gasteiger partial charge in [-0.05, 0) is 31.0 Å². The van der Waals surface area contributed by atoms with Crippen molar-refractivity contribution < 1.29 is 51.9 Å². The highest BCUT2D eigenvalue weighted by Gasteiger charge is 2.70. The lowest BCUT2D eigenvalue weighted by molar-refractivity contribution is -0.703. The molecule has 37 heavy (non-hydrogen) atoms. The average Bonchev–Trinajstić information content (AvgIpc) is 2.83. The molecule has 13 heteroatoms. The number of aliphatic hydroxyl groups is 1. The summed E-state index contributed by atoms with van der Waals surface area (Å²) in [6.07, 6.45) is -0.484. The molecule has 3 N–H and O–H groups in total. The largest absolute Gasteiger partial charge is 0.514 e. The van der Waals surface area contributed by atoms with Gasteiger partial charge in [-0.1, -0.05) is 48.5 Å². The number of nitrogens with zero attached hydrogens (tertiary/aromatic N) is 1. The van der Waals surface area contributed by atoms with Crippen molar-refractivity contribution in [3.8, 4) is 16.9 Å². The Labute approximate surface area is 212 Å². The molecule has 0 spiro atoms. The van der Waals surface area contributed by atoms with Crippen LogP contribution in [0.15, 0.2) is 79.1 Å². The van der Waals surface area contributed by atoms with Crippen LogP contribution in [-0.4, -0.2) is 32.2 Å². The molecule has 0 bridgehead atoms. The predicted molar refractivity (Wildman–Crippen MR) is 130 cm³/mol. The third kappa shape index (κ3) is 5.68. The lowest BCUT2D eigenvalue weighted by atomic mass is 10.1. The summed E-state index contributed by atoms with van der Waals surface area (Å²) < 4.78 is 47.9. The Morgan fingerprint density at radius 1 is 0.946 bits per heavy atom. The quantitative estimate of drug-likeness (QED) is 0.175. The molecule has 2 heterocycles. The number of aromatic nitrogens is 1. The van der Waals surface area contributed by atoms with E-state index in [-0.39, 0.29) is 11.3 Å². The molecule has 1 fully saturated rings. The molecule has 1 saturated heterocycles. The normalized spacial score (nSPS) is 27.6. The molecule has 1 aliphatic rings. The Kier molecular flexibility index (Phi) is 7.69. The van der Waals surface area contributed by atoms with Gasteiger partial charge in [0.15, 0.2) is 12.4 Å². The maximum Gasteiger partial charge on any atom is 0.514 e. The number of carbonyl (C=O) groups is 1. The van der Waals surface area contributed by atoms with Gasteiger partial charge in [0.05, 0.1) is 11.7 Å². The van der Waals surface area contributed by atoms with Gasteiger partial charge < -0.3 is 24.4 Å². The molecule has 2 atom stereocenters. The Balaban J connectivity index is 1.59. The molecule has 1 aromatic heterocycles. The van der Waals surface area contributed by atoms with E-state index < -0.39 is 45.4 Å². The molecule has 1 aliphatic heterocycles. The summed E-state index contributed by atoms with van der Waals surface area (Å²) in [6.45, 7) is 2.44. The molecule has 0 radical (unpaired) electrons. The number of rotatable bonds is 6. The zero-order valence-corrected chi connectivity index (χ0v) is 21.7. The fraction of sp³-hybridized carbons (Fsp3) is 0.250. The highest BCUT2D eigenvalue weighted by atomic mass is 31.2. The number of hydrogen-bond acceptors (Lipinski definition) is 8. The molecule has 196 valence electrons. The molecule has 2 unspecified atom stereocenters. The van der Waals surface area contributed by atoms with Crippen molar-refractivity contribution in [3.05, 3.63) is 84.7 Å². The Morgan fingerprint density at radius 2 is 1.49 bits per heavy atom. The first-order chi connectivity index (χ1) is 17.4. The fourth-order valence-electron chi connectivity index (χ4n) is 3.60. The third-order valence-corrected chi connectivity index (χ3v) is 10.0. The third-order valence-electron chi connectivity index (χ3n) is 5.47. The molecule has 11 nitrogen and oxygen atoms in total. The summed E-state index contributed by atoms with van der Waals surface area (Å²) in [7, 11) is -10.5. The second-order valence-corrected chi connectivity index (χ2v) is 12.9. The van der Waals surface area contributed by atoms with Crippen LogP contribution in [-0.2, 0) is 29.5 Å². The second-order valence-electron chi connectivity index (χ2n) is 8.54. The molecule has 0 aliphatic carbocycles. The first-order valence-electron chi connectivity index (χ1n) is 11.2.